The zero-order chi connectivity index (χ0) is 16.9. The minimum atomic E-state index is -0.405. The monoisotopic (exact) mass is 330 g/mol. The van der Waals surface area contributed by atoms with Gasteiger partial charge in [0.25, 0.3) is 0 Å². The van der Waals surface area contributed by atoms with Crippen LogP contribution in [0.3, 0.4) is 0 Å². The maximum Gasteiger partial charge on any atom is 0.337 e. The molecule has 24 heavy (non-hydrogen) atoms. The van der Waals surface area contributed by atoms with Crippen LogP contribution in [0.25, 0.3) is 0 Å². The molecule has 1 fully saturated rings. The van der Waals surface area contributed by atoms with Gasteiger partial charge < -0.3 is 24.8 Å². The van der Waals surface area contributed by atoms with Crippen LogP contribution in [0.5, 0.6) is 11.6 Å². The summed E-state index contributed by atoms with van der Waals surface area (Å²) < 4.78 is 15.7. The van der Waals surface area contributed by atoms with Gasteiger partial charge in [-0.15, -0.1) is 0 Å². The van der Waals surface area contributed by atoms with E-state index in [0.717, 1.165) is 0 Å². The number of methoxy groups -OCH3 is 1. The van der Waals surface area contributed by atoms with E-state index in [0.29, 0.717) is 49.1 Å². The Morgan fingerprint density at radius 2 is 1.92 bits per heavy atom. The number of hydrogen-bond acceptors (Lipinski definition) is 8. The molecule has 1 aromatic heterocycles. The van der Waals surface area contributed by atoms with Crippen molar-refractivity contribution in [3.8, 4) is 11.6 Å². The largest absolute Gasteiger partial charge is 0.465 e. The highest BCUT2D eigenvalue weighted by atomic mass is 16.5. The van der Waals surface area contributed by atoms with E-state index in [4.69, 9.17) is 15.2 Å². The lowest BCUT2D eigenvalue weighted by atomic mass is 10.2. The van der Waals surface area contributed by atoms with E-state index in [2.05, 4.69) is 14.7 Å². The number of rotatable bonds is 4. The summed E-state index contributed by atoms with van der Waals surface area (Å²) in [7, 11) is 1.33. The maximum absolute atomic E-state index is 11.4. The third kappa shape index (κ3) is 3.38. The fourth-order valence-corrected chi connectivity index (χ4v) is 2.37. The molecule has 0 saturated carbocycles. The molecule has 3 rings (SSSR count). The van der Waals surface area contributed by atoms with Crippen molar-refractivity contribution < 1.29 is 19.0 Å². The van der Waals surface area contributed by atoms with Crippen molar-refractivity contribution in [3.63, 3.8) is 0 Å². The number of carbonyl (C=O) groups excluding carboxylic acids is 1. The number of carbonyl (C=O) groups is 1. The minimum absolute atomic E-state index is 0.275. The average Bonchev–Trinajstić information content (AvgIpc) is 2.64. The van der Waals surface area contributed by atoms with Gasteiger partial charge in [-0.05, 0) is 24.3 Å². The third-order valence-corrected chi connectivity index (χ3v) is 3.63. The van der Waals surface area contributed by atoms with Crippen molar-refractivity contribution in [1.82, 2.24) is 9.97 Å². The number of benzene rings is 1. The Labute approximate surface area is 139 Å². The normalized spacial score (nSPS) is 14.3. The Morgan fingerprint density at radius 3 is 2.58 bits per heavy atom. The number of nitrogen functional groups attached to an aromatic ring is 1. The second kappa shape index (κ2) is 7.14. The first kappa shape index (κ1) is 16.0. The molecule has 0 atom stereocenters. The molecule has 0 aliphatic carbocycles. The first-order valence-electron chi connectivity index (χ1n) is 7.48. The van der Waals surface area contributed by atoms with Crippen LogP contribution in [0.15, 0.2) is 30.6 Å². The molecule has 8 heteroatoms. The van der Waals surface area contributed by atoms with Gasteiger partial charge in [0.15, 0.2) is 5.82 Å². The molecule has 1 aliphatic rings. The lowest BCUT2D eigenvalue weighted by molar-refractivity contribution is 0.0600. The quantitative estimate of drug-likeness (QED) is 0.841. The van der Waals surface area contributed by atoms with E-state index in [1.165, 1.54) is 13.4 Å². The van der Waals surface area contributed by atoms with E-state index in [1.807, 2.05) is 4.90 Å². The van der Waals surface area contributed by atoms with Gasteiger partial charge in [0.2, 0.25) is 5.88 Å². The van der Waals surface area contributed by atoms with E-state index < -0.39 is 5.97 Å². The Kier molecular flexibility index (Phi) is 4.76. The van der Waals surface area contributed by atoms with Crippen molar-refractivity contribution in [1.29, 1.82) is 0 Å². The third-order valence-electron chi connectivity index (χ3n) is 3.63. The number of esters is 1. The molecule has 0 amide bonds. The summed E-state index contributed by atoms with van der Waals surface area (Å²) in [5.74, 6) is 1.02. The van der Waals surface area contributed by atoms with Crippen LogP contribution in [-0.2, 0) is 9.47 Å². The Bertz CT molecular complexity index is 715. The van der Waals surface area contributed by atoms with Crippen LogP contribution in [0, 0.1) is 0 Å². The minimum Gasteiger partial charge on any atom is -0.465 e. The van der Waals surface area contributed by atoms with E-state index >= 15 is 0 Å². The summed E-state index contributed by atoms with van der Waals surface area (Å²) in [6, 6.07) is 6.54. The SMILES string of the molecule is COC(=O)c1ccc(Oc2ncnc(N3CCOCC3)c2N)cc1. The summed E-state index contributed by atoms with van der Waals surface area (Å²) in [6.07, 6.45) is 1.42. The molecular weight excluding hydrogens is 312 g/mol. The number of nitrogens with two attached hydrogens (primary N) is 1. The molecule has 0 unspecified atom stereocenters. The molecule has 8 nitrogen and oxygen atoms in total. The van der Waals surface area contributed by atoms with Crippen molar-refractivity contribution >= 4 is 17.5 Å². The van der Waals surface area contributed by atoms with Crippen LogP contribution >= 0.6 is 0 Å². The highest BCUT2D eigenvalue weighted by Crippen LogP contribution is 2.31. The van der Waals surface area contributed by atoms with E-state index in [9.17, 15) is 4.79 Å². The van der Waals surface area contributed by atoms with Gasteiger partial charge in [-0.2, -0.15) is 4.98 Å². The predicted octanol–water partition coefficient (Wildman–Crippen LogP) is 1.47. The van der Waals surface area contributed by atoms with Crippen LogP contribution in [0.1, 0.15) is 10.4 Å². The number of aromatic nitrogens is 2. The van der Waals surface area contributed by atoms with E-state index in [-0.39, 0.29) is 5.88 Å². The smallest absolute Gasteiger partial charge is 0.337 e. The summed E-state index contributed by atoms with van der Waals surface area (Å²) in [5, 5.41) is 0. The van der Waals surface area contributed by atoms with Gasteiger partial charge in [-0.1, -0.05) is 0 Å². The molecule has 1 aromatic carbocycles. The van der Waals surface area contributed by atoms with Crippen molar-refractivity contribution in [2.24, 2.45) is 0 Å². The molecule has 2 N–H and O–H groups in total. The topological polar surface area (TPSA) is 99.8 Å². The van der Waals surface area contributed by atoms with Crippen LogP contribution in [-0.4, -0.2) is 49.4 Å². The van der Waals surface area contributed by atoms with Crippen molar-refractivity contribution in [2.75, 3.05) is 44.0 Å². The Hall–Kier alpha value is -2.87. The van der Waals surface area contributed by atoms with Gasteiger partial charge in [-0.25, -0.2) is 9.78 Å². The number of ether oxygens (including phenoxy) is 3. The predicted molar refractivity (Wildman–Crippen MR) is 87.3 cm³/mol. The molecule has 1 aliphatic heterocycles. The van der Waals surface area contributed by atoms with Crippen molar-refractivity contribution in [3.05, 3.63) is 36.2 Å². The highest BCUT2D eigenvalue weighted by molar-refractivity contribution is 5.89. The maximum atomic E-state index is 11.4. The fraction of sp³-hybridized carbons (Fsp3) is 0.312. The zero-order valence-electron chi connectivity index (χ0n) is 13.3. The van der Waals surface area contributed by atoms with Gasteiger partial charge in [0.1, 0.15) is 17.8 Å². The van der Waals surface area contributed by atoms with Crippen LogP contribution in [0.2, 0.25) is 0 Å². The zero-order valence-corrected chi connectivity index (χ0v) is 13.3. The molecular formula is C16H18N4O4. The molecule has 0 radical (unpaired) electrons. The highest BCUT2D eigenvalue weighted by Gasteiger charge is 2.18. The van der Waals surface area contributed by atoms with Gasteiger partial charge in [-0.3, -0.25) is 0 Å². The van der Waals surface area contributed by atoms with Crippen LogP contribution in [0.4, 0.5) is 11.5 Å². The van der Waals surface area contributed by atoms with Gasteiger partial charge >= 0.3 is 5.97 Å². The molecule has 2 aromatic rings. The molecule has 0 bridgehead atoms. The van der Waals surface area contributed by atoms with Gasteiger partial charge in [0, 0.05) is 13.1 Å². The Balaban J connectivity index is 1.78. The Morgan fingerprint density at radius 1 is 1.21 bits per heavy atom. The second-order valence-electron chi connectivity index (χ2n) is 5.13. The first-order chi connectivity index (χ1) is 11.7. The first-order valence-corrected chi connectivity index (χ1v) is 7.48. The number of nitrogens with zero attached hydrogens (tertiary/aromatic N) is 3. The molecule has 2 heterocycles. The van der Waals surface area contributed by atoms with Gasteiger partial charge in [0.05, 0.1) is 25.9 Å². The summed E-state index contributed by atoms with van der Waals surface area (Å²) in [6.45, 7) is 2.70. The molecule has 0 spiro atoms. The number of hydrogen-bond donors (Lipinski definition) is 1. The lowest BCUT2D eigenvalue weighted by Crippen LogP contribution is -2.37. The lowest BCUT2D eigenvalue weighted by Gasteiger charge is -2.28. The van der Waals surface area contributed by atoms with Crippen molar-refractivity contribution in [2.45, 2.75) is 0 Å². The van der Waals surface area contributed by atoms with Crippen LogP contribution < -0.4 is 15.4 Å². The molecule has 1 saturated heterocycles. The fourth-order valence-electron chi connectivity index (χ4n) is 2.37. The summed E-state index contributed by atoms with van der Waals surface area (Å²) in [4.78, 5) is 21.8. The molecule has 126 valence electrons. The average molecular weight is 330 g/mol. The standard InChI is InChI=1S/C16H18N4O4/c1-22-16(21)11-2-4-12(5-3-11)24-15-13(17)14(18-10-19-15)20-6-8-23-9-7-20/h2-5,10H,6-9,17H2,1H3. The summed E-state index contributed by atoms with van der Waals surface area (Å²) in [5.41, 5.74) is 6.97. The number of morpholine rings is 1. The second-order valence-corrected chi connectivity index (χ2v) is 5.13. The van der Waals surface area contributed by atoms with E-state index in [1.54, 1.807) is 24.3 Å². The number of anilines is 2. The summed E-state index contributed by atoms with van der Waals surface area (Å²) >= 11 is 0.